The van der Waals surface area contributed by atoms with Crippen molar-refractivity contribution in [3.05, 3.63) is 35.8 Å². The zero-order chi connectivity index (χ0) is 19.5. The van der Waals surface area contributed by atoms with E-state index in [9.17, 15) is 4.79 Å². The Labute approximate surface area is 166 Å². The molecule has 0 spiro atoms. The third-order valence-corrected chi connectivity index (χ3v) is 15.5. The van der Waals surface area contributed by atoms with Crippen molar-refractivity contribution in [2.75, 3.05) is 0 Å². The Balaban J connectivity index is 4.61. The van der Waals surface area contributed by atoms with Crippen molar-refractivity contribution in [1.82, 2.24) is 0 Å². The van der Waals surface area contributed by atoms with E-state index in [1.54, 1.807) is 0 Å². The van der Waals surface area contributed by atoms with Gasteiger partial charge >= 0.3 is 167 Å². The Morgan fingerprint density at radius 3 is 1.85 bits per heavy atom. The Kier molecular flexibility index (Phi) is 17.4. The molecule has 0 unspecified atom stereocenters. The predicted molar refractivity (Wildman–Crippen MR) is 121 cm³/mol. The molecule has 0 rings (SSSR count). The monoisotopic (exact) mass is 422 g/mol. The number of unbranched alkanes of at least 4 members (excludes halogenated alkanes) is 5. The van der Waals surface area contributed by atoms with Crippen molar-refractivity contribution in [3.63, 3.8) is 0 Å². The molecule has 0 N–H and O–H groups in total. The molecule has 0 heterocycles. The standard InChI is InChI=1S/C24H44GeO/c1-5-9-13-14-15-16-17-18-24(26)19-23-25(20-10-6-2,21-11-7-3)22-12-8-4/h5,15-16,19,23H,1,6-14,17-18,20-22H2,2-4H3/b16-15+,23-19+. The fraction of sp³-hybridized carbons (Fsp3) is 0.708. The van der Waals surface area contributed by atoms with Crippen LogP contribution in [0.3, 0.4) is 0 Å². The van der Waals surface area contributed by atoms with Crippen LogP contribution in [0.2, 0.25) is 15.8 Å². The molecule has 0 aliphatic heterocycles. The molecular weight excluding hydrogens is 377 g/mol. The van der Waals surface area contributed by atoms with E-state index in [0.717, 1.165) is 25.7 Å². The van der Waals surface area contributed by atoms with Crippen LogP contribution in [0.1, 0.15) is 91.4 Å². The molecule has 0 aliphatic rings. The van der Waals surface area contributed by atoms with E-state index in [-0.39, 0.29) is 0 Å². The van der Waals surface area contributed by atoms with Gasteiger partial charge in [0.2, 0.25) is 0 Å². The zero-order valence-corrected chi connectivity index (χ0v) is 20.0. The predicted octanol–water partition coefficient (Wildman–Crippen LogP) is 8.19. The topological polar surface area (TPSA) is 17.1 Å². The molecule has 0 aromatic carbocycles. The van der Waals surface area contributed by atoms with Crippen molar-refractivity contribution in [3.8, 4) is 0 Å². The summed E-state index contributed by atoms with van der Waals surface area (Å²) in [5.74, 6) is 0.334. The van der Waals surface area contributed by atoms with Crippen LogP contribution in [-0.4, -0.2) is 19.0 Å². The number of hydrogen-bond donors (Lipinski definition) is 0. The van der Waals surface area contributed by atoms with Gasteiger partial charge in [0, 0.05) is 0 Å². The molecule has 0 saturated carbocycles. The van der Waals surface area contributed by atoms with Gasteiger partial charge in [0.15, 0.2) is 0 Å². The molecule has 26 heavy (non-hydrogen) atoms. The molecule has 0 radical (unpaired) electrons. The third-order valence-electron chi connectivity index (χ3n) is 5.21. The number of carbonyl (C=O) groups excluding carboxylic acids is 1. The summed E-state index contributed by atoms with van der Waals surface area (Å²) >= 11 is -2.00. The number of hydrogen-bond acceptors (Lipinski definition) is 1. The molecule has 150 valence electrons. The average molecular weight is 421 g/mol. The maximum atomic E-state index is 12.3. The number of ketones is 1. The van der Waals surface area contributed by atoms with Gasteiger partial charge in [-0.25, -0.2) is 0 Å². The van der Waals surface area contributed by atoms with Crippen molar-refractivity contribution in [2.24, 2.45) is 0 Å². The van der Waals surface area contributed by atoms with E-state index in [1.165, 1.54) is 54.3 Å². The molecule has 0 aromatic heterocycles. The van der Waals surface area contributed by atoms with Crippen LogP contribution in [0.25, 0.3) is 0 Å². The van der Waals surface area contributed by atoms with E-state index in [4.69, 9.17) is 0 Å². The quantitative estimate of drug-likeness (QED) is 0.0944. The molecule has 1 nitrogen and oxygen atoms in total. The van der Waals surface area contributed by atoms with Crippen molar-refractivity contribution < 1.29 is 4.79 Å². The number of rotatable bonds is 18. The summed E-state index contributed by atoms with van der Waals surface area (Å²) < 4.78 is 0. The van der Waals surface area contributed by atoms with Gasteiger partial charge in [-0.2, -0.15) is 0 Å². The molecule has 0 amide bonds. The van der Waals surface area contributed by atoms with Gasteiger partial charge in [0.05, 0.1) is 0 Å². The van der Waals surface area contributed by atoms with E-state index in [2.05, 4.69) is 44.4 Å². The fourth-order valence-corrected chi connectivity index (χ4v) is 13.8. The molecule has 2 heteroatoms. The van der Waals surface area contributed by atoms with Gasteiger partial charge < -0.3 is 0 Å². The Hall–Kier alpha value is -0.567. The van der Waals surface area contributed by atoms with E-state index in [0.29, 0.717) is 12.2 Å². The second kappa shape index (κ2) is 17.8. The Bertz CT molecular complexity index is 387. The second-order valence-corrected chi connectivity index (χ2v) is 17.3. The SMILES string of the molecule is C=CCCC/C=C/CCC(=O)/C=[CH]/[Ge]([CH2]CCC)([CH2]CCC)[CH2]CCC. The van der Waals surface area contributed by atoms with E-state index in [1.807, 2.05) is 12.2 Å². The van der Waals surface area contributed by atoms with Crippen LogP contribution in [0, 0.1) is 0 Å². The van der Waals surface area contributed by atoms with Crippen LogP contribution >= 0.6 is 0 Å². The molecule has 0 aliphatic carbocycles. The summed E-state index contributed by atoms with van der Waals surface area (Å²) in [4.78, 5) is 14.8. The summed E-state index contributed by atoms with van der Waals surface area (Å²) in [7, 11) is 0. The summed E-state index contributed by atoms with van der Waals surface area (Å²) in [6, 6.07) is 0. The van der Waals surface area contributed by atoms with Crippen LogP contribution in [0.5, 0.6) is 0 Å². The minimum atomic E-state index is -2.00. The fourth-order valence-electron chi connectivity index (χ4n) is 3.41. The molecule has 0 atom stereocenters. The summed E-state index contributed by atoms with van der Waals surface area (Å²) in [5, 5.41) is 4.26. The van der Waals surface area contributed by atoms with Gasteiger partial charge in [-0.3, -0.25) is 0 Å². The van der Waals surface area contributed by atoms with Crippen molar-refractivity contribution in [1.29, 1.82) is 0 Å². The van der Waals surface area contributed by atoms with Crippen molar-refractivity contribution in [2.45, 2.75) is 107 Å². The maximum absolute atomic E-state index is 12.3. The zero-order valence-electron chi connectivity index (χ0n) is 17.9. The van der Waals surface area contributed by atoms with Gasteiger partial charge in [-0.05, 0) is 0 Å². The summed E-state index contributed by atoms with van der Waals surface area (Å²) in [6.07, 6.45) is 21.1. The minimum absolute atomic E-state index is 0.334. The first-order valence-corrected chi connectivity index (χ1v) is 16.8. The first-order valence-electron chi connectivity index (χ1n) is 11.1. The molecule has 0 aromatic rings. The normalized spacial score (nSPS) is 12.3. The summed E-state index contributed by atoms with van der Waals surface area (Å²) in [5.41, 5.74) is 0. The van der Waals surface area contributed by atoms with Crippen LogP contribution in [0.4, 0.5) is 0 Å². The van der Waals surface area contributed by atoms with Gasteiger partial charge in [0.25, 0.3) is 0 Å². The second-order valence-electron chi connectivity index (χ2n) is 7.70. The molecule has 0 fully saturated rings. The van der Waals surface area contributed by atoms with Gasteiger partial charge in [0.1, 0.15) is 0 Å². The Morgan fingerprint density at radius 2 is 1.35 bits per heavy atom. The van der Waals surface area contributed by atoms with Crippen LogP contribution < -0.4 is 0 Å². The first kappa shape index (κ1) is 25.4. The van der Waals surface area contributed by atoms with Gasteiger partial charge in [-0.15, -0.1) is 0 Å². The summed E-state index contributed by atoms with van der Waals surface area (Å²) in [6.45, 7) is 10.6. The van der Waals surface area contributed by atoms with E-state index < -0.39 is 13.3 Å². The third kappa shape index (κ3) is 13.6. The van der Waals surface area contributed by atoms with Crippen LogP contribution in [-0.2, 0) is 4.79 Å². The van der Waals surface area contributed by atoms with Crippen molar-refractivity contribution >= 4 is 19.0 Å². The molecule has 0 bridgehead atoms. The molecule has 0 saturated heterocycles. The van der Waals surface area contributed by atoms with Gasteiger partial charge in [-0.1, -0.05) is 0 Å². The number of carbonyl (C=O) groups is 1. The Morgan fingerprint density at radius 1 is 0.808 bits per heavy atom. The number of allylic oxidation sites excluding steroid dienone is 4. The average Bonchev–Trinajstić information content (AvgIpc) is 2.66. The first-order chi connectivity index (χ1) is 12.6. The molecular formula is C24H44GeO. The van der Waals surface area contributed by atoms with E-state index >= 15 is 0 Å². The van der Waals surface area contributed by atoms with Crippen LogP contribution in [0.15, 0.2) is 35.8 Å².